The van der Waals surface area contributed by atoms with E-state index in [1.807, 2.05) is 0 Å². The summed E-state index contributed by atoms with van der Waals surface area (Å²) in [5.41, 5.74) is 5.50. The van der Waals surface area contributed by atoms with Crippen molar-refractivity contribution in [2.75, 3.05) is 6.61 Å². The number of primary amides is 1. The van der Waals surface area contributed by atoms with Crippen molar-refractivity contribution in [3.63, 3.8) is 0 Å². The third kappa shape index (κ3) is 5.72. The molecule has 0 saturated heterocycles. The second kappa shape index (κ2) is 7.89. The van der Waals surface area contributed by atoms with Crippen molar-refractivity contribution in [1.82, 2.24) is 5.32 Å². The van der Waals surface area contributed by atoms with E-state index in [0.717, 1.165) is 6.07 Å². The Hall–Kier alpha value is -1.73. The van der Waals surface area contributed by atoms with Crippen LogP contribution in [-0.4, -0.2) is 32.8 Å². The van der Waals surface area contributed by atoms with Gasteiger partial charge in [0, 0.05) is 12.2 Å². The average Bonchev–Trinajstić information content (AvgIpc) is 2.44. The lowest BCUT2D eigenvalue weighted by Crippen LogP contribution is -2.47. The van der Waals surface area contributed by atoms with Crippen molar-refractivity contribution < 1.29 is 18.4 Å². The van der Waals surface area contributed by atoms with Gasteiger partial charge in [-0.3, -0.25) is 9.59 Å². The summed E-state index contributed by atoms with van der Waals surface area (Å²) < 4.78 is 19.2. The molecular formula is C17H27FN2O3Si. The van der Waals surface area contributed by atoms with E-state index in [-0.39, 0.29) is 17.0 Å². The third-order valence-corrected chi connectivity index (χ3v) is 8.95. The van der Waals surface area contributed by atoms with Gasteiger partial charge in [0.2, 0.25) is 5.91 Å². The van der Waals surface area contributed by atoms with Crippen LogP contribution in [0.1, 0.15) is 37.6 Å². The molecule has 0 aliphatic carbocycles. The van der Waals surface area contributed by atoms with Gasteiger partial charge in [-0.05, 0) is 42.8 Å². The zero-order valence-corrected chi connectivity index (χ0v) is 16.0. The summed E-state index contributed by atoms with van der Waals surface area (Å²) in [5, 5.41) is 2.60. The molecule has 5 nitrogen and oxygen atoms in total. The van der Waals surface area contributed by atoms with Crippen molar-refractivity contribution in [1.29, 1.82) is 0 Å². The summed E-state index contributed by atoms with van der Waals surface area (Å²) in [7, 11) is -1.93. The Balaban J connectivity index is 2.65. The minimum Gasteiger partial charge on any atom is -0.417 e. The van der Waals surface area contributed by atoms with Gasteiger partial charge in [0.1, 0.15) is 11.9 Å². The standard InChI is InChI=1S/C17H27FN2O3Si/c1-17(2,3)24(4,5)23-10-9-14(15(19)21)20-16(22)12-7-6-8-13(18)11-12/h6-8,11,14H,9-10H2,1-5H3,(H2,19,21)(H,20,22)/t14-/m0/s1. The SMILES string of the molecule is CC(C)(C)[Si](C)(C)OCC[C@H](NC(=O)c1cccc(F)c1)C(N)=O. The van der Waals surface area contributed by atoms with Crippen LogP contribution in [0.15, 0.2) is 24.3 Å². The van der Waals surface area contributed by atoms with Crippen LogP contribution in [0, 0.1) is 5.82 Å². The molecule has 0 unspecified atom stereocenters. The predicted octanol–water partition coefficient (Wildman–Crippen LogP) is 2.82. The summed E-state index contributed by atoms with van der Waals surface area (Å²) in [6, 6.07) is 4.41. The summed E-state index contributed by atoms with van der Waals surface area (Å²) in [5.74, 6) is -1.69. The van der Waals surface area contributed by atoms with Crippen LogP contribution in [-0.2, 0) is 9.22 Å². The highest BCUT2D eigenvalue weighted by Gasteiger charge is 2.37. The fraction of sp³-hybridized carbons (Fsp3) is 0.529. The smallest absolute Gasteiger partial charge is 0.252 e. The van der Waals surface area contributed by atoms with Crippen LogP contribution in [0.4, 0.5) is 4.39 Å². The maximum atomic E-state index is 13.2. The van der Waals surface area contributed by atoms with E-state index >= 15 is 0 Å². The first-order valence-electron chi connectivity index (χ1n) is 7.94. The maximum Gasteiger partial charge on any atom is 0.252 e. The van der Waals surface area contributed by atoms with Crippen LogP contribution in [0.5, 0.6) is 0 Å². The van der Waals surface area contributed by atoms with Gasteiger partial charge in [0.05, 0.1) is 0 Å². The average molecular weight is 354 g/mol. The fourth-order valence-electron chi connectivity index (χ4n) is 1.81. The van der Waals surface area contributed by atoms with E-state index in [1.165, 1.54) is 18.2 Å². The van der Waals surface area contributed by atoms with Gasteiger partial charge in [0.15, 0.2) is 8.32 Å². The van der Waals surface area contributed by atoms with Gasteiger partial charge >= 0.3 is 0 Å². The van der Waals surface area contributed by atoms with Crippen molar-refractivity contribution in [2.45, 2.75) is 51.4 Å². The molecule has 0 aliphatic rings. The Kier molecular flexibility index (Phi) is 6.68. The minimum atomic E-state index is -1.93. The molecule has 24 heavy (non-hydrogen) atoms. The lowest BCUT2D eigenvalue weighted by molar-refractivity contribution is -0.120. The molecule has 2 amide bonds. The molecule has 7 heteroatoms. The number of rotatable bonds is 7. The van der Waals surface area contributed by atoms with Gasteiger partial charge < -0.3 is 15.5 Å². The number of carbonyl (C=O) groups excluding carboxylic acids is 2. The number of nitrogens with one attached hydrogen (secondary N) is 1. The van der Waals surface area contributed by atoms with Gasteiger partial charge in [-0.15, -0.1) is 0 Å². The second-order valence-corrected chi connectivity index (χ2v) is 12.1. The number of halogens is 1. The zero-order valence-electron chi connectivity index (χ0n) is 15.0. The van der Waals surface area contributed by atoms with E-state index < -0.39 is 32.0 Å². The van der Waals surface area contributed by atoms with Crippen molar-refractivity contribution in [3.8, 4) is 0 Å². The molecular weight excluding hydrogens is 327 g/mol. The van der Waals surface area contributed by atoms with Crippen LogP contribution in [0.2, 0.25) is 18.1 Å². The van der Waals surface area contributed by atoms with Gasteiger partial charge in [0.25, 0.3) is 5.91 Å². The molecule has 0 saturated carbocycles. The van der Waals surface area contributed by atoms with Crippen molar-refractivity contribution >= 4 is 20.1 Å². The quantitative estimate of drug-likeness (QED) is 0.739. The number of amides is 2. The molecule has 0 heterocycles. The topological polar surface area (TPSA) is 81.4 Å². The van der Waals surface area contributed by atoms with Crippen LogP contribution in [0.25, 0.3) is 0 Å². The molecule has 1 rings (SSSR count). The Morgan fingerprint density at radius 1 is 1.33 bits per heavy atom. The Labute approximate surface area is 143 Å². The van der Waals surface area contributed by atoms with Crippen molar-refractivity contribution in [3.05, 3.63) is 35.6 Å². The number of hydrogen-bond donors (Lipinski definition) is 2. The monoisotopic (exact) mass is 354 g/mol. The Morgan fingerprint density at radius 2 is 1.96 bits per heavy atom. The van der Waals surface area contributed by atoms with E-state index in [9.17, 15) is 14.0 Å². The molecule has 1 aromatic rings. The lowest BCUT2D eigenvalue weighted by Gasteiger charge is -2.36. The first-order valence-corrected chi connectivity index (χ1v) is 10.8. The lowest BCUT2D eigenvalue weighted by atomic mass is 10.1. The predicted molar refractivity (Wildman–Crippen MR) is 94.6 cm³/mol. The van der Waals surface area contributed by atoms with Gasteiger partial charge in [-0.25, -0.2) is 4.39 Å². The molecule has 0 bridgehead atoms. The maximum absolute atomic E-state index is 13.2. The number of benzene rings is 1. The molecule has 1 atom stereocenters. The summed E-state index contributed by atoms with van der Waals surface area (Å²) in [4.78, 5) is 23.7. The Bertz CT molecular complexity index is 600. The molecule has 0 spiro atoms. The molecule has 0 aromatic heterocycles. The van der Waals surface area contributed by atoms with Crippen molar-refractivity contribution in [2.24, 2.45) is 5.73 Å². The zero-order chi connectivity index (χ0) is 18.5. The highest BCUT2D eigenvalue weighted by molar-refractivity contribution is 6.74. The van der Waals surface area contributed by atoms with E-state index in [0.29, 0.717) is 6.61 Å². The van der Waals surface area contributed by atoms with E-state index in [1.54, 1.807) is 0 Å². The summed E-state index contributed by atoms with van der Waals surface area (Å²) in [6.45, 7) is 10.9. The van der Waals surface area contributed by atoms with Crippen LogP contribution < -0.4 is 11.1 Å². The van der Waals surface area contributed by atoms with Gasteiger partial charge in [-0.2, -0.15) is 0 Å². The fourth-order valence-corrected chi connectivity index (χ4v) is 2.87. The second-order valence-electron chi connectivity index (χ2n) is 7.34. The highest BCUT2D eigenvalue weighted by atomic mass is 28.4. The molecule has 134 valence electrons. The number of nitrogens with two attached hydrogens (primary N) is 1. The van der Waals surface area contributed by atoms with E-state index in [4.69, 9.17) is 10.2 Å². The highest BCUT2D eigenvalue weighted by Crippen LogP contribution is 2.36. The first kappa shape index (κ1) is 20.3. The normalized spacial score (nSPS) is 13.4. The van der Waals surface area contributed by atoms with Crippen LogP contribution >= 0.6 is 0 Å². The summed E-state index contributed by atoms with van der Waals surface area (Å²) >= 11 is 0. The molecule has 1 aromatic carbocycles. The number of carbonyl (C=O) groups is 2. The third-order valence-electron chi connectivity index (χ3n) is 4.41. The number of hydrogen-bond acceptors (Lipinski definition) is 3. The van der Waals surface area contributed by atoms with Gasteiger partial charge in [-0.1, -0.05) is 26.8 Å². The summed E-state index contributed by atoms with van der Waals surface area (Å²) in [6.07, 6.45) is 0.281. The molecule has 0 aliphatic heterocycles. The van der Waals surface area contributed by atoms with E-state index in [2.05, 4.69) is 39.2 Å². The first-order chi connectivity index (χ1) is 10.9. The molecule has 3 N–H and O–H groups in total. The Morgan fingerprint density at radius 3 is 2.46 bits per heavy atom. The minimum absolute atomic E-state index is 0.0556. The largest absolute Gasteiger partial charge is 0.417 e. The molecule has 0 radical (unpaired) electrons. The van der Waals surface area contributed by atoms with Crippen LogP contribution in [0.3, 0.4) is 0 Å². The molecule has 0 fully saturated rings.